The molecule has 3 N–H and O–H groups in total. The van der Waals surface area contributed by atoms with E-state index in [9.17, 15) is 4.79 Å². The van der Waals surface area contributed by atoms with E-state index < -0.39 is 0 Å². The molecule has 0 saturated carbocycles. The van der Waals surface area contributed by atoms with Crippen LogP contribution < -0.4 is 11.1 Å². The summed E-state index contributed by atoms with van der Waals surface area (Å²) in [5, 5.41) is 3.09. The lowest BCUT2D eigenvalue weighted by molar-refractivity contribution is -0.121. The Morgan fingerprint density at radius 1 is 1.41 bits per heavy atom. The maximum atomic E-state index is 11.5. The molecule has 1 aromatic rings. The molecule has 0 bridgehead atoms. The second-order valence-corrected chi connectivity index (χ2v) is 4.91. The van der Waals surface area contributed by atoms with Crippen molar-refractivity contribution in [3.63, 3.8) is 0 Å². The zero-order chi connectivity index (χ0) is 12.3. The molecule has 0 radical (unpaired) electrons. The first kappa shape index (κ1) is 12.0. The molecular weight excluding hydrogens is 212 g/mol. The number of nitrogens with two attached hydrogens (primary N) is 1. The summed E-state index contributed by atoms with van der Waals surface area (Å²) in [6, 6.07) is 6.41. The molecule has 1 aliphatic rings. The Labute approximate surface area is 102 Å². The Kier molecular flexibility index (Phi) is 3.67. The second-order valence-electron chi connectivity index (χ2n) is 4.91. The van der Waals surface area contributed by atoms with Gasteiger partial charge >= 0.3 is 0 Å². The fraction of sp³-hybridized carbons (Fsp3) is 0.500. The summed E-state index contributed by atoms with van der Waals surface area (Å²) in [4.78, 5) is 11.5. The maximum absolute atomic E-state index is 11.5. The number of hydrogen-bond donors (Lipinski definition) is 2. The van der Waals surface area contributed by atoms with Gasteiger partial charge in [-0.15, -0.1) is 0 Å². The highest BCUT2D eigenvalue weighted by Crippen LogP contribution is 2.17. The summed E-state index contributed by atoms with van der Waals surface area (Å²) in [6.07, 6.45) is 4.82. The Hall–Kier alpha value is -1.51. The van der Waals surface area contributed by atoms with Crippen molar-refractivity contribution in [1.29, 1.82) is 0 Å². The smallest absolute Gasteiger partial charge is 0.220 e. The number of anilines is 1. The third kappa shape index (κ3) is 3.22. The summed E-state index contributed by atoms with van der Waals surface area (Å²) < 4.78 is 0. The SMILES string of the molecule is Cc1cc(CC2CCCCC(=O)N2)ccc1N. The van der Waals surface area contributed by atoms with Crippen molar-refractivity contribution in [3.8, 4) is 0 Å². The zero-order valence-corrected chi connectivity index (χ0v) is 10.3. The number of nitrogens with one attached hydrogen (secondary N) is 1. The molecule has 3 heteroatoms. The number of carbonyl (C=O) groups excluding carboxylic acids is 1. The van der Waals surface area contributed by atoms with Gasteiger partial charge < -0.3 is 11.1 Å². The fourth-order valence-corrected chi connectivity index (χ4v) is 2.35. The summed E-state index contributed by atoms with van der Waals surface area (Å²) in [6.45, 7) is 2.02. The maximum Gasteiger partial charge on any atom is 0.220 e. The standard InChI is InChI=1S/C14H20N2O/c1-10-8-11(6-7-13(10)15)9-12-4-2-3-5-14(17)16-12/h6-8,12H,2-5,9,15H2,1H3,(H,16,17). The minimum Gasteiger partial charge on any atom is -0.399 e. The van der Waals surface area contributed by atoms with Crippen LogP contribution in [0.2, 0.25) is 0 Å². The van der Waals surface area contributed by atoms with Gasteiger partial charge in [-0.05, 0) is 43.4 Å². The van der Waals surface area contributed by atoms with Gasteiger partial charge in [0.05, 0.1) is 0 Å². The molecule has 1 heterocycles. The Morgan fingerprint density at radius 3 is 3.00 bits per heavy atom. The van der Waals surface area contributed by atoms with E-state index in [0.29, 0.717) is 6.42 Å². The predicted molar refractivity (Wildman–Crippen MR) is 69.7 cm³/mol. The topological polar surface area (TPSA) is 55.1 Å². The van der Waals surface area contributed by atoms with E-state index in [1.54, 1.807) is 0 Å². The summed E-state index contributed by atoms with van der Waals surface area (Å²) >= 11 is 0. The average Bonchev–Trinajstić information content (AvgIpc) is 2.48. The molecule has 1 aromatic carbocycles. The number of benzene rings is 1. The van der Waals surface area contributed by atoms with Crippen LogP contribution in [0.3, 0.4) is 0 Å². The largest absolute Gasteiger partial charge is 0.399 e. The average molecular weight is 232 g/mol. The van der Waals surface area contributed by atoms with Gasteiger partial charge in [-0.2, -0.15) is 0 Å². The van der Waals surface area contributed by atoms with Crippen molar-refractivity contribution in [2.75, 3.05) is 5.73 Å². The normalized spacial score (nSPS) is 20.8. The van der Waals surface area contributed by atoms with Crippen LogP contribution in [-0.2, 0) is 11.2 Å². The van der Waals surface area contributed by atoms with Gasteiger partial charge in [0, 0.05) is 18.2 Å². The number of amides is 1. The highest BCUT2D eigenvalue weighted by Gasteiger charge is 2.16. The van der Waals surface area contributed by atoms with E-state index in [4.69, 9.17) is 5.73 Å². The number of hydrogen-bond acceptors (Lipinski definition) is 2. The molecule has 0 aliphatic carbocycles. The number of carbonyl (C=O) groups is 1. The molecule has 3 nitrogen and oxygen atoms in total. The molecule has 1 fully saturated rings. The van der Waals surface area contributed by atoms with Crippen molar-refractivity contribution >= 4 is 11.6 Å². The lowest BCUT2D eigenvalue weighted by Gasteiger charge is -2.16. The highest BCUT2D eigenvalue weighted by molar-refractivity contribution is 5.76. The monoisotopic (exact) mass is 232 g/mol. The van der Waals surface area contributed by atoms with Crippen LogP contribution in [0.4, 0.5) is 5.69 Å². The van der Waals surface area contributed by atoms with Gasteiger partial charge in [0.1, 0.15) is 0 Å². The fourth-order valence-electron chi connectivity index (χ4n) is 2.35. The van der Waals surface area contributed by atoms with Gasteiger partial charge in [0.2, 0.25) is 5.91 Å². The van der Waals surface area contributed by atoms with Gasteiger partial charge in [0.25, 0.3) is 0 Å². The molecule has 1 aliphatic heterocycles. The highest BCUT2D eigenvalue weighted by atomic mass is 16.1. The summed E-state index contributed by atoms with van der Waals surface area (Å²) in [7, 11) is 0. The molecule has 0 spiro atoms. The first-order valence-corrected chi connectivity index (χ1v) is 6.29. The number of nitrogen functional groups attached to an aromatic ring is 1. The summed E-state index contributed by atoms with van der Waals surface area (Å²) in [5.41, 5.74) is 9.00. The molecular formula is C14H20N2O. The molecule has 1 unspecified atom stereocenters. The van der Waals surface area contributed by atoms with E-state index in [1.807, 2.05) is 13.0 Å². The van der Waals surface area contributed by atoms with Crippen molar-refractivity contribution in [3.05, 3.63) is 29.3 Å². The van der Waals surface area contributed by atoms with Crippen molar-refractivity contribution in [2.24, 2.45) is 0 Å². The van der Waals surface area contributed by atoms with Crippen LogP contribution in [0.1, 0.15) is 36.8 Å². The van der Waals surface area contributed by atoms with Crippen LogP contribution in [-0.4, -0.2) is 11.9 Å². The van der Waals surface area contributed by atoms with E-state index in [1.165, 1.54) is 5.56 Å². The lowest BCUT2D eigenvalue weighted by Crippen LogP contribution is -2.34. The molecule has 0 aromatic heterocycles. The molecule has 2 rings (SSSR count). The number of aryl methyl sites for hydroxylation is 1. The Balaban J connectivity index is 2.03. The molecule has 92 valence electrons. The minimum absolute atomic E-state index is 0.194. The molecule has 1 amide bonds. The van der Waals surface area contributed by atoms with Gasteiger partial charge in [0.15, 0.2) is 0 Å². The Morgan fingerprint density at radius 2 is 2.24 bits per heavy atom. The zero-order valence-electron chi connectivity index (χ0n) is 10.3. The molecule has 1 saturated heterocycles. The third-order valence-corrected chi connectivity index (χ3v) is 3.39. The first-order chi connectivity index (χ1) is 8.15. The first-order valence-electron chi connectivity index (χ1n) is 6.29. The van der Waals surface area contributed by atoms with E-state index in [2.05, 4.69) is 17.4 Å². The Bertz CT molecular complexity index is 415. The van der Waals surface area contributed by atoms with Crippen molar-refractivity contribution in [2.45, 2.75) is 45.1 Å². The van der Waals surface area contributed by atoms with Crippen LogP contribution in [0, 0.1) is 6.92 Å². The molecule has 17 heavy (non-hydrogen) atoms. The summed E-state index contributed by atoms with van der Waals surface area (Å²) in [5.74, 6) is 0.194. The minimum atomic E-state index is 0.194. The lowest BCUT2D eigenvalue weighted by atomic mass is 10.00. The van der Waals surface area contributed by atoms with Crippen LogP contribution in [0.25, 0.3) is 0 Å². The molecule has 1 atom stereocenters. The van der Waals surface area contributed by atoms with Gasteiger partial charge in [-0.3, -0.25) is 4.79 Å². The van der Waals surface area contributed by atoms with Crippen molar-refractivity contribution < 1.29 is 4.79 Å². The van der Waals surface area contributed by atoms with Crippen LogP contribution in [0.15, 0.2) is 18.2 Å². The van der Waals surface area contributed by atoms with Gasteiger partial charge in [-0.1, -0.05) is 18.6 Å². The van der Waals surface area contributed by atoms with Crippen LogP contribution >= 0.6 is 0 Å². The van der Waals surface area contributed by atoms with E-state index in [-0.39, 0.29) is 11.9 Å². The van der Waals surface area contributed by atoms with Crippen LogP contribution in [0.5, 0.6) is 0 Å². The third-order valence-electron chi connectivity index (χ3n) is 3.39. The quantitative estimate of drug-likeness (QED) is 0.768. The van der Waals surface area contributed by atoms with E-state index in [0.717, 1.165) is 36.9 Å². The predicted octanol–water partition coefficient (Wildman–Crippen LogP) is 2.18. The number of rotatable bonds is 2. The van der Waals surface area contributed by atoms with Crippen molar-refractivity contribution in [1.82, 2.24) is 5.32 Å². The second kappa shape index (κ2) is 5.21. The van der Waals surface area contributed by atoms with Gasteiger partial charge in [-0.25, -0.2) is 0 Å². The van der Waals surface area contributed by atoms with E-state index >= 15 is 0 Å².